The maximum atomic E-state index is 12.9. The van der Waals surface area contributed by atoms with Crippen LogP contribution in [0.5, 0.6) is 5.75 Å². The number of alkyl halides is 5. The van der Waals surface area contributed by atoms with Crippen molar-refractivity contribution in [3.05, 3.63) is 29.3 Å². The zero-order chi connectivity index (χ0) is 15.3. The molecule has 0 radical (unpaired) electrons. The largest absolute Gasteiger partial charge is 0.469 e. The molecule has 1 aromatic carbocycles. The quantitative estimate of drug-likeness (QED) is 0.617. The van der Waals surface area contributed by atoms with Crippen LogP contribution < -0.4 is 4.74 Å². The summed E-state index contributed by atoms with van der Waals surface area (Å²) in [4.78, 5) is 11.0. The van der Waals surface area contributed by atoms with Gasteiger partial charge in [-0.1, -0.05) is 12.1 Å². The number of hydrogen-bond acceptors (Lipinski definition) is 3. The first-order valence-corrected chi connectivity index (χ1v) is 5.46. The Kier molecular flexibility index (Phi) is 5.29. The Balaban J connectivity index is 3.12. The monoisotopic (exact) mass is 298 g/mol. The number of ether oxygens (including phenoxy) is 2. The van der Waals surface area contributed by atoms with Crippen molar-refractivity contribution in [2.24, 2.45) is 0 Å². The summed E-state index contributed by atoms with van der Waals surface area (Å²) in [7, 11) is 1.10. The molecular weight excluding hydrogens is 287 g/mol. The molecule has 0 saturated carbocycles. The summed E-state index contributed by atoms with van der Waals surface area (Å²) in [5.74, 6) is -1.66. The zero-order valence-electron chi connectivity index (χ0n) is 10.3. The Morgan fingerprint density at radius 2 is 1.95 bits per heavy atom. The number of carbonyl (C=O) groups is 1. The van der Waals surface area contributed by atoms with Gasteiger partial charge in [-0.25, -0.2) is 0 Å². The van der Waals surface area contributed by atoms with E-state index in [-0.39, 0.29) is 18.4 Å². The molecule has 0 heterocycles. The van der Waals surface area contributed by atoms with E-state index in [0.717, 1.165) is 25.3 Å². The lowest BCUT2D eigenvalue weighted by Gasteiger charge is -2.17. The van der Waals surface area contributed by atoms with Gasteiger partial charge in [-0.2, -0.15) is 22.0 Å². The topological polar surface area (TPSA) is 35.5 Å². The summed E-state index contributed by atoms with van der Waals surface area (Å²) in [5.41, 5.74) is -1.61. The summed E-state index contributed by atoms with van der Waals surface area (Å²) in [6.45, 7) is -3.37. The van der Waals surface area contributed by atoms with Crippen molar-refractivity contribution in [2.45, 2.75) is 25.6 Å². The number of esters is 1. The second-order valence-corrected chi connectivity index (χ2v) is 3.74. The van der Waals surface area contributed by atoms with Crippen LogP contribution in [0.25, 0.3) is 0 Å². The van der Waals surface area contributed by atoms with Crippen LogP contribution in [-0.4, -0.2) is 19.7 Å². The van der Waals surface area contributed by atoms with Crippen molar-refractivity contribution in [2.75, 3.05) is 7.11 Å². The predicted octanol–water partition coefficient (Wildman–Crippen LogP) is 3.41. The average Bonchev–Trinajstić information content (AvgIpc) is 2.33. The number of carbonyl (C=O) groups excluding carboxylic acids is 1. The van der Waals surface area contributed by atoms with Crippen LogP contribution in [0.4, 0.5) is 22.0 Å². The predicted molar refractivity (Wildman–Crippen MR) is 58.4 cm³/mol. The van der Waals surface area contributed by atoms with Crippen molar-refractivity contribution in [3.63, 3.8) is 0 Å². The zero-order valence-corrected chi connectivity index (χ0v) is 10.3. The minimum atomic E-state index is -4.86. The third-order valence-electron chi connectivity index (χ3n) is 2.44. The molecule has 8 heteroatoms. The first-order chi connectivity index (χ1) is 9.25. The van der Waals surface area contributed by atoms with E-state index in [1.54, 1.807) is 0 Å². The summed E-state index contributed by atoms with van der Waals surface area (Å²) in [6.07, 6.45) is -5.45. The fraction of sp³-hybridized carbons (Fsp3) is 0.417. The molecule has 0 saturated heterocycles. The van der Waals surface area contributed by atoms with Crippen LogP contribution in [0.1, 0.15) is 17.5 Å². The number of halogens is 5. The summed E-state index contributed by atoms with van der Waals surface area (Å²) in [5, 5.41) is 0. The van der Waals surface area contributed by atoms with E-state index in [1.165, 1.54) is 0 Å². The number of aryl methyl sites for hydroxylation is 1. The average molecular weight is 298 g/mol. The minimum Gasteiger partial charge on any atom is -0.469 e. The van der Waals surface area contributed by atoms with Crippen LogP contribution in [0.2, 0.25) is 0 Å². The Morgan fingerprint density at radius 3 is 2.45 bits per heavy atom. The lowest BCUT2D eigenvalue weighted by molar-refractivity contribution is -0.144. The number of hydrogen-bond donors (Lipinski definition) is 0. The van der Waals surface area contributed by atoms with Gasteiger partial charge in [-0.05, 0) is 18.1 Å². The van der Waals surface area contributed by atoms with Gasteiger partial charge in [0.2, 0.25) is 0 Å². The standard InChI is InChI=1S/C12H11F5O3/c1-19-9(18)6-5-7-3-2-4-8(20-11(13)14)10(7)12(15,16)17/h2-4,11H,5-6H2,1H3. The van der Waals surface area contributed by atoms with E-state index in [4.69, 9.17) is 0 Å². The molecule has 3 nitrogen and oxygen atoms in total. The normalized spacial score (nSPS) is 11.6. The highest BCUT2D eigenvalue weighted by Crippen LogP contribution is 2.39. The van der Waals surface area contributed by atoms with Crippen LogP contribution in [-0.2, 0) is 22.1 Å². The molecule has 0 aromatic heterocycles. The van der Waals surface area contributed by atoms with E-state index in [9.17, 15) is 26.7 Å². The molecule has 0 aliphatic heterocycles. The van der Waals surface area contributed by atoms with Gasteiger partial charge in [-0.15, -0.1) is 0 Å². The maximum absolute atomic E-state index is 12.9. The van der Waals surface area contributed by atoms with Gasteiger partial charge in [0.05, 0.1) is 7.11 Å². The molecule has 0 spiro atoms. The molecule has 1 aromatic rings. The van der Waals surface area contributed by atoms with Gasteiger partial charge in [-0.3, -0.25) is 4.79 Å². The Hall–Kier alpha value is -1.86. The van der Waals surface area contributed by atoms with Crippen LogP contribution in [0, 0.1) is 0 Å². The van der Waals surface area contributed by atoms with Crippen molar-refractivity contribution in [1.82, 2.24) is 0 Å². The summed E-state index contributed by atoms with van der Waals surface area (Å²) < 4.78 is 71.2. The number of methoxy groups -OCH3 is 1. The van der Waals surface area contributed by atoms with Crippen LogP contribution >= 0.6 is 0 Å². The first kappa shape index (κ1) is 16.2. The molecule has 0 N–H and O–H groups in total. The molecule has 0 unspecified atom stereocenters. The van der Waals surface area contributed by atoms with Crippen molar-refractivity contribution < 1.29 is 36.2 Å². The molecule has 1 rings (SSSR count). The summed E-state index contributed by atoms with van der Waals surface area (Å²) in [6, 6.07) is 3.06. The number of benzene rings is 1. The van der Waals surface area contributed by atoms with Gasteiger partial charge in [0.15, 0.2) is 0 Å². The van der Waals surface area contributed by atoms with Crippen LogP contribution in [0.15, 0.2) is 18.2 Å². The minimum absolute atomic E-state index is 0.290. The molecule has 0 aliphatic carbocycles. The molecule has 0 aliphatic rings. The summed E-state index contributed by atoms with van der Waals surface area (Å²) >= 11 is 0. The molecule has 0 bridgehead atoms. The third kappa shape index (κ3) is 4.36. The fourth-order valence-electron chi connectivity index (χ4n) is 1.64. The fourth-order valence-corrected chi connectivity index (χ4v) is 1.64. The second kappa shape index (κ2) is 6.53. The number of rotatable bonds is 5. The molecule has 20 heavy (non-hydrogen) atoms. The Labute approximate surface area is 111 Å². The molecule has 0 amide bonds. The van der Waals surface area contributed by atoms with Gasteiger partial charge < -0.3 is 9.47 Å². The lowest BCUT2D eigenvalue weighted by Crippen LogP contribution is -2.15. The molecule has 112 valence electrons. The smallest absolute Gasteiger partial charge is 0.420 e. The highest BCUT2D eigenvalue weighted by molar-refractivity contribution is 5.69. The van der Waals surface area contributed by atoms with E-state index in [2.05, 4.69) is 9.47 Å². The van der Waals surface area contributed by atoms with Gasteiger partial charge in [0, 0.05) is 6.42 Å². The molecule has 0 atom stereocenters. The maximum Gasteiger partial charge on any atom is 0.420 e. The van der Waals surface area contributed by atoms with E-state index in [0.29, 0.717) is 0 Å². The van der Waals surface area contributed by atoms with Gasteiger partial charge in [0.1, 0.15) is 11.3 Å². The highest BCUT2D eigenvalue weighted by atomic mass is 19.4. The van der Waals surface area contributed by atoms with Crippen LogP contribution in [0.3, 0.4) is 0 Å². The van der Waals surface area contributed by atoms with E-state index in [1.807, 2.05) is 0 Å². The van der Waals surface area contributed by atoms with E-state index >= 15 is 0 Å². The third-order valence-corrected chi connectivity index (χ3v) is 2.44. The van der Waals surface area contributed by atoms with Gasteiger partial charge in [0.25, 0.3) is 0 Å². The van der Waals surface area contributed by atoms with Crippen molar-refractivity contribution >= 4 is 5.97 Å². The lowest BCUT2D eigenvalue weighted by atomic mass is 10.0. The first-order valence-electron chi connectivity index (χ1n) is 5.46. The molecule has 0 fully saturated rings. The SMILES string of the molecule is COC(=O)CCc1cccc(OC(F)F)c1C(F)(F)F. The van der Waals surface area contributed by atoms with Gasteiger partial charge >= 0.3 is 18.8 Å². The van der Waals surface area contributed by atoms with Crippen molar-refractivity contribution in [1.29, 1.82) is 0 Å². The second-order valence-electron chi connectivity index (χ2n) is 3.74. The highest BCUT2D eigenvalue weighted by Gasteiger charge is 2.37. The van der Waals surface area contributed by atoms with E-state index < -0.39 is 30.1 Å². The Morgan fingerprint density at radius 1 is 1.30 bits per heavy atom. The molecular formula is C12H11F5O3. The Bertz CT molecular complexity index is 471. The van der Waals surface area contributed by atoms with Crippen molar-refractivity contribution in [3.8, 4) is 5.75 Å².